The van der Waals surface area contributed by atoms with Crippen molar-refractivity contribution in [2.45, 2.75) is 25.4 Å². The standard InChI is InChI=1S/C16H18N2O4/c1-3-22-16(20)14-13-10(8-12(18-14)15(19)21-2)9-6-4-5-7-11(9)17-13/h4-7,12,14,17-18H,3,8H2,1-2H3. The van der Waals surface area contributed by atoms with Crippen molar-refractivity contribution < 1.29 is 19.1 Å². The van der Waals surface area contributed by atoms with E-state index in [-0.39, 0.29) is 12.6 Å². The normalized spacial score (nSPS) is 20.5. The smallest absolute Gasteiger partial charge is 0.329 e. The first-order valence-corrected chi connectivity index (χ1v) is 7.25. The highest BCUT2D eigenvalue weighted by atomic mass is 16.5. The van der Waals surface area contributed by atoms with Gasteiger partial charge in [-0.2, -0.15) is 0 Å². The van der Waals surface area contributed by atoms with Gasteiger partial charge in [0.15, 0.2) is 0 Å². The lowest BCUT2D eigenvalue weighted by Gasteiger charge is -2.28. The van der Waals surface area contributed by atoms with Crippen molar-refractivity contribution in [3.63, 3.8) is 0 Å². The molecule has 3 rings (SSSR count). The van der Waals surface area contributed by atoms with Crippen LogP contribution in [0.25, 0.3) is 10.9 Å². The van der Waals surface area contributed by atoms with Gasteiger partial charge < -0.3 is 14.5 Å². The maximum Gasteiger partial charge on any atom is 0.329 e. The van der Waals surface area contributed by atoms with Gasteiger partial charge in [0.25, 0.3) is 0 Å². The van der Waals surface area contributed by atoms with Gasteiger partial charge in [0, 0.05) is 23.0 Å². The molecular formula is C16H18N2O4. The van der Waals surface area contributed by atoms with Gasteiger partial charge in [-0.1, -0.05) is 18.2 Å². The van der Waals surface area contributed by atoms with E-state index in [4.69, 9.17) is 9.47 Å². The van der Waals surface area contributed by atoms with E-state index in [1.807, 2.05) is 24.3 Å². The summed E-state index contributed by atoms with van der Waals surface area (Å²) in [5, 5.41) is 4.04. The van der Waals surface area contributed by atoms with Gasteiger partial charge in [0.05, 0.1) is 13.7 Å². The molecule has 0 amide bonds. The monoisotopic (exact) mass is 302 g/mol. The molecule has 6 nitrogen and oxygen atoms in total. The van der Waals surface area contributed by atoms with Crippen LogP contribution in [0, 0.1) is 0 Å². The molecule has 0 spiro atoms. The summed E-state index contributed by atoms with van der Waals surface area (Å²) in [6.07, 6.45) is 0.474. The Balaban J connectivity index is 2.08. The SMILES string of the molecule is CCOC(=O)C1NC(C(=O)OC)Cc2c1[nH]c1ccccc21. The molecular weight excluding hydrogens is 284 g/mol. The molecule has 1 aliphatic rings. The van der Waals surface area contributed by atoms with Crippen LogP contribution in [0.15, 0.2) is 24.3 Å². The van der Waals surface area contributed by atoms with Crippen molar-refractivity contribution in [3.05, 3.63) is 35.5 Å². The predicted molar refractivity (Wildman–Crippen MR) is 80.3 cm³/mol. The van der Waals surface area contributed by atoms with E-state index in [1.54, 1.807) is 6.92 Å². The molecule has 2 unspecified atom stereocenters. The number of carbonyl (C=O) groups excluding carboxylic acids is 2. The molecule has 2 heterocycles. The summed E-state index contributed by atoms with van der Waals surface area (Å²) in [6.45, 7) is 2.04. The van der Waals surface area contributed by atoms with E-state index < -0.39 is 18.1 Å². The number of nitrogens with one attached hydrogen (secondary N) is 2. The molecule has 2 N–H and O–H groups in total. The van der Waals surface area contributed by atoms with Crippen molar-refractivity contribution in [1.82, 2.24) is 10.3 Å². The number of ether oxygens (including phenoxy) is 2. The Labute approximate surface area is 127 Å². The summed E-state index contributed by atoms with van der Waals surface area (Å²) >= 11 is 0. The number of hydrogen-bond donors (Lipinski definition) is 2. The summed E-state index contributed by atoms with van der Waals surface area (Å²) in [4.78, 5) is 27.4. The van der Waals surface area contributed by atoms with Gasteiger partial charge in [0.2, 0.25) is 0 Å². The fourth-order valence-electron chi connectivity index (χ4n) is 2.94. The second-order valence-corrected chi connectivity index (χ2v) is 5.19. The Hall–Kier alpha value is -2.34. The van der Waals surface area contributed by atoms with Gasteiger partial charge in [-0.25, -0.2) is 4.79 Å². The van der Waals surface area contributed by atoms with Gasteiger partial charge in [-0.15, -0.1) is 0 Å². The molecule has 116 valence electrons. The number of esters is 2. The fraction of sp³-hybridized carbons (Fsp3) is 0.375. The predicted octanol–water partition coefficient (Wildman–Crippen LogP) is 1.46. The minimum atomic E-state index is -0.694. The number of methoxy groups -OCH3 is 1. The zero-order chi connectivity index (χ0) is 15.7. The Morgan fingerprint density at radius 2 is 2.05 bits per heavy atom. The molecule has 2 atom stereocenters. The van der Waals surface area contributed by atoms with Crippen LogP contribution in [-0.2, 0) is 25.5 Å². The molecule has 0 saturated heterocycles. The third-order valence-electron chi connectivity index (χ3n) is 3.92. The Morgan fingerprint density at radius 3 is 2.77 bits per heavy atom. The third kappa shape index (κ3) is 2.35. The number of aromatic nitrogens is 1. The van der Waals surface area contributed by atoms with Crippen molar-refractivity contribution in [2.24, 2.45) is 0 Å². The number of fused-ring (bicyclic) bond motifs is 3. The van der Waals surface area contributed by atoms with E-state index in [2.05, 4.69) is 10.3 Å². The van der Waals surface area contributed by atoms with Crippen LogP contribution in [0.1, 0.15) is 24.2 Å². The average Bonchev–Trinajstić information content (AvgIpc) is 2.92. The minimum Gasteiger partial charge on any atom is -0.468 e. The van der Waals surface area contributed by atoms with E-state index in [0.717, 1.165) is 22.2 Å². The first-order chi connectivity index (χ1) is 10.7. The van der Waals surface area contributed by atoms with Gasteiger partial charge in [-0.3, -0.25) is 10.1 Å². The highest BCUT2D eigenvalue weighted by Gasteiger charge is 2.37. The largest absolute Gasteiger partial charge is 0.468 e. The summed E-state index contributed by atoms with van der Waals surface area (Å²) in [5.74, 6) is -0.783. The fourth-order valence-corrected chi connectivity index (χ4v) is 2.94. The number of aromatic amines is 1. The molecule has 1 aromatic carbocycles. The maximum absolute atomic E-state index is 12.2. The summed E-state index contributed by atoms with van der Waals surface area (Å²) in [7, 11) is 1.34. The number of H-pyrrole nitrogens is 1. The Morgan fingerprint density at radius 1 is 1.27 bits per heavy atom. The zero-order valence-corrected chi connectivity index (χ0v) is 12.5. The minimum absolute atomic E-state index is 0.287. The molecule has 0 fully saturated rings. The number of para-hydroxylation sites is 1. The third-order valence-corrected chi connectivity index (χ3v) is 3.92. The lowest BCUT2D eigenvalue weighted by atomic mass is 9.94. The van der Waals surface area contributed by atoms with E-state index in [1.165, 1.54) is 7.11 Å². The summed E-state index contributed by atoms with van der Waals surface area (Å²) in [5.41, 5.74) is 2.66. The van der Waals surface area contributed by atoms with Crippen LogP contribution < -0.4 is 5.32 Å². The topological polar surface area (TPSA) is 80.4 Å². The molecule has 1 aliphatic heterocycles. The van der Waals surface area contributed by atoms with Gasteiger partial charge in [0.1, 0.15) is 12.1 Å². The maximum atomic E-state index is 12.2. The quantitative estimate of drug-likeness (QED) is 0.839. The van der Waals surface area contributed by atoms with Crippen LogP contribution in [0.3, 0.4) is 0 Å². The molecule has 1 aromatic heterocycles. The highest BCUT2D eigenvalue weighted by molar-refractivity contribution is 5.90. The van der Waals surface area contributed by atoms with Crippen molar-refractivity contribution in [3.8, 4) is 0 Å². The average molecular weight is 302 g/mol. The van der Waals surface area contributed by atoms with Crippen molar-refractivity contribution in [2.75, 3.05) is 13.7 Å². The number of benzene rings is 1. The molecule has 0 bridgehead atoms. The second-order valence-electron chi connectivity index (χ2n) is 5.19. The first-order valence-electron chi connectivity index (χ1n) is 7.25. The number of hydrogen-bond acceptors (Lipinski definition) is 5. The molecule has 0 saturated carbocycles. The number of rotatable bonds is 3. The van der Waals surface area contributed by atoms with Gasteiger partial charge in [-0.05, 0) is 18.6 Å². The lowest BCUT2D eigenvalue weighted by molar-refractivity contribution is -0.148. The summed E-state index contributed by atoms with van der Waals surface area (Å²) in [6, 6.07) is 6.53. The van der Waals surface area contributed by atoms with Gasteiger partial charge >= 0.3 is 11.9 Å². The Bertz CT molecular complexity index is 722. The van der Waals surface area contributed by atoms with Crippen LogP contribution in [0.5, 0.6) is 0 Å². The van der Waals surface area contributed by atoms with Crippen LogP contribution in [0.4, 0.5) is 0 Å². The number of carbonyl (C=O) groups is 2. The van der Waals surface area contributed by atoms with E-state index >= 15 is 0 Å². The zero-order valence-electron chi connectivity index (χ0n) is 12.5. The molecule has 2 aromatic rings. The van der Waals surface area contributed by atoms with Crippen molar-refractivity contribution in [1.29, 1.82) is 0 Å². The molecule has 6 heteroatoms. The Kier molecular flexibility index (Phi) is 3.85. The van der Waals surface area contributed by atoms with Crippen molar-refractivity contribution >= 4 is 22.8 Å². The van der Waals surface area contributed by atoms with E-state index in [9.17, 15) is 9.59 Å². The summed E-state index contributed by atoms with van der Waals surface area (Å²) < 4.78 is 9.94. The lowest BCUT2D eigenvalue weighted by Crippen LogP contribution is -2.48. The van der Waals surface area contributed by atoms with Crippen LogP contribution in [0.2, 0.25) is 0 Å². The molecule has 22 heavy (non-hydrogen) atoms. The van der Waals surface area contributed by atoms with Crippen LogP contribution >= 0.6 is 0 Å². The van der Waals surface area contributed by atoms with Crippen LogP contribution in [-0.4, -0.2) is 36.7 Å². The molecule has 0 radical (unpaired) electrons. The first kappa shape index (κ1) is 14.6. The molecule has 0 aliphatic carbocycles. The van der Waals surface area contributed by atoms with E-state index in [0.29, 0.717) is 6.42 Å². The highest BCUT2D eigenvalue weighted by Crippen LogP contribution is 2.32. The second kappa shape index (κ2) is 5.81.